The first-order valence-electron chi connectivity index (χ1n) is 7.61. The van der Waals surface area contributed by atoms with Crippen LogP contribution in [0.25, 0.3) is 0 Å². The monoisotopic (exact) mass is 335 g/mol. The van der Waals surface area contributed by atoms with Crippen molar-refractivity contribution in [3.05, 3.63) is 47.3 Å². The van der Waals surface area contributed by atoms with Crippen LogP contribution >= 0.6 is 0 Å². The van der Waals surface area contributed by atoms with Crippen molar-refractivity contribution >= 4 is 10.0 Å². The smallest absolute Gasteiger partial charge is 0.246 e. The van der Waals surface area contributed by atoms with E-state index in [1.165, 1.54) is 4.31 Å². The van der Waals surface area contributed by atoms with E-state index in [0.29, 0.717) is 24.5 Å². The molecule has 1 N–H and O–H groups in total. The number of nitrogens with zero attached hydrogens (tertiary/aromatic N) is 2. The minimum absolute atomic E-state index is 0.170. The summed E-state index contributed by atoms with van der Waals surface area (Å²) in [6, 6.07) is 9.72. The van der Waals surface area contributed by atoms with E-state index in [0.717, 1.165) is 5.56 Å². The molecule has 2 unspecified atom stereocenters. The van der Waals surface area contributed by atoms with E-state index < -0.39 is 10.0 Å². The maximum Gasteiger partial charge on any atom is 0.246 e. The second-order valence-corrected chi connectivity index (χ2v) is 7.81. The lowest BCUT2D eigenvalue weighted by Gasteiger charge is -2.36. The summed E-state index contributed by atoms with van der Waals surface area (Å²) < 4.78 is 33.5. The summed E-state index contributed by atoms with van der Waals surface area (Å²) in [5, 5.41) is 6.76. The maximum absolute atomic E-state index is 13.0. The highest BCUT2D eigenvalue weighted by Crippen LogP contribution is 2.30. The number of sulfonamides is 1. The molecule has 0 radical (unpaired) electrons. The van der Waals surface area contributed by atoms with Gasteiger partial charge in [0.15, 0.2) is 0 Å². The second kappa shape index (κ2) is 6.07. The molecule has 0 bridgehead atoms. The fourth-order valence-electron chi connectivity index (χ4n) is 3.01. The molecule has 1 saturated heterocycles. The van der Waals surface area contributed by atoms with E-state index in [1.54, 1.807) is 13.8 Å². The van der Waals surface area contributed by atoms with Gasteiger partial charge in [-0.15, -0.1) is 0 Å². The van der Waals surface area contributed by atoms with Gasteiger partial charge in [0, 0.05) is 13.1 Å². The lowest BCUT2D eigenvalue weighted by molar-refractivity contribution is -0.0557. The predicted octanol–water partition coefficient (Wildman–Crippen LogP) is 2.18. The first-order valence-corrected chi connectivity index (χ1v) is 9.05. The number of hydrogen-bond donors (Lipinski definition) is 1. The zero-order chi connectivity index (χ0) is 16.6. The van der Waals surface area contributed by atoms with Crippen molar-refractivity contribution in [2.45, 2.75) is 37.9 Å². The van der Waals surface area contributed by atoms with E-state index in [1.807, 2.05) is 37.3 Å². The Balaban J connectivity index is 1.93. The zero-order valence-corrected chi connectivity index (χ0v) is 14.3. The van der Waals surface area contributed by atoms with Crippen LogP contribution in [0.15, 0.2) is 35.2 Å². The van der Waals surface area contributed by atoms with Crippen molar-refractivity contribution in [2.75, 3.05) is 13.1 Å². The number of aryl methyl sites for hydroxylation is 2. The second-order valence-electron chi connectivity index (χ2n) is 5.93. The lowest BCUT2D eigenvalue weighted by atomic mass is 10.1. The summed E-state index contributed by atoms with van der Waals surface area (Å²) in [4.78, 5) is 0.276. The average Bonchev–Trinajstić information content (AvgIpc) is 2.87. The van der Waals surface area contributed by atoms with Crippen LogP contribution in [0, 0.1) is 13.8 Å². The summed E-state index contributed by atoms with van der Waals surface area (Å²) in [6.07, 6.45) is -0.432. The van der Waals surface area contributed by atoms with Gasteiger partial charge in [-0.1, -0.05) is 30.3 Å². The van der Waals surface area contributed by atoms with E-state index in [9.17, 15) is 8.42 Å². The molecular weight excluding hydrogens is 314 g/mol. The number of ether oxygens (including phenoxy) is 1. The molecule has 0 spiro atoms. The minimum Gasteiger partial charge on any atom is -0.368 e. The summed E-state index contributed by atoms with van der Waals surface area (Å²) in [6.45, 7) is 5.98. The van der Waals surface area contributed by atoms with Gasteiger partial charge in [0.2, 0.25) is 10.0 Å². The van der Waals surface area contributed by atoms with Crippen LogP contribution in [0.2, 0.25) is 0 Å². The van der Waals surface area contributed by atoms with Crippen LogP contribution in [0.1, 0.15) is 30.0 Å². The third kappa shape index (κ3) is 3.04. The number of rotatable bonds is 3. The van der Waals surface area contributed by atoms with E-state index >= 15 is 0 Å². The van der Waals surface area contributed by atoms with Crippen LogP contribution in [0.5, 0.6) is 0 Å². The van der Waals surface area contributed by atoms with Crippen LogP contribution < -0.4 is 0 Å². The molecule has 2 heterocycles. The van der Waals surface area contributed by atoms with Crippen LogP contribution in [-0.4, -0.2) is 42.1 Å². The zero-order valence-electron chi connectivity index (χ0n) is 13.5. The molecular formula is C16H21N3O3S. The lowest BCUT2D eigenvalue weighted by Crippen LogP contribution is -2.46. The molecule has 0 saturated carbocycles. The SMILES string of the molecule is Cc1n[nH]c(C)c1S(=O)(=O)N1CC(C)OC(c2ccccc2)C1. The highest BCUT2D eigenvalue weighted by molar-refractivity contribution is 7.89. The molecule has 2 atom stereocenters. The number of aromatic nitrogens is 2. The average molecular weight is 335 g/mol. The van der Waals surface area contributed by atoms with Gasteiger partial charge in [-0.05, 0) is 26.3 Å². The van der Waals surface area contributed by atoms with Gasteiger partial charge < -0.3 is 4.74 Å². The predicted molar refractivity (Wildman–Crippen MR) is 86.6 cm³/mol. The largest absolute Gasteiger partial charge is 0.368 e. The molecule has 1 aromatic carbocycles. The molecule has 1 aromatic heterocycles. The van der Waals surface area contributed by atoms with Crippen molar-refractivity contribution in [1.29, 1.82) is 0 Å². The molecule has 1 aliphatic rings. The van der Waals surface area contributed by atoms with Crippen LogP contribution in [0.3, 0.4) is 0 Å². The Labute approximate surface area is 136 Å². The van der Waals surface area contributed by atoms with Crippen molar-refractivity contribution in [3.8, 4) is 0 Å². The summed E-state index contributed by atoms with van der Waals surface area (Å²) in [7, 11) is -3.59. The van der Waals surface area contributed by atoms with Crippen molar-refractivity contribution < 1.29 is 13.2 Å². The Kier molecular flexibility index (Phi) is 4.27. The van der Waals surface area contributed by atoms with E-state index in [4.69, 9.17) is 4.74 Å². The van der Waals surface area contributed by atoms with Crippen LogP contribution in [-0.2, 0) is 14.8 Å². The standard InChI is InChI=1S/C16H21N3O3S/c1-11-9-19(10-15(22-11)14-7-5-4-6-8-14)23(20,21)16-12(2)17-18-13(16)3/h4-8,11,15H,9-10H2,1-3H3,(H,17,18). The minimum atomic E-state index is -3.59. The third-order valence-electron chi connectivity index (χ3n) is 4.06. The number of aromatic amines is 1. The first-order chi connectivity index (χ1) is 10.9. The van der Waals surface area contributed by atoms with E-state index in [2.05, 4.69) is 10.2 Å². The molecule has 23 heavy (non-hydrogen) atoms. The topological polar surface area (TPSA) is 75.3 Å². The Morgan fingerprint density at radius 2 is 1.91 bits per heavy atom. The van der Waals surface area contributed by atoms with Gasteiger partial charge in [0.25, 0.3) is 0 Å². The third-order valence-corrected chi connectivity index (χ3v) is 6.15. The first kappa shape index (κ1) is 16.2. The van der Waals surface area contributed by atoms with Crippen molar-refractivity contribution in [1.82, 2.24) is 14.5 Å². The number of morpholine rings is 1. The molecule has 0 aliphatic carbocycles. The molecule has 3 rings (SSSR count). The Morgan fingerprint density at radius 3 is 2.52 bits per heavy atom. The molecule has 0 amide bonds. The molecule has 1 aliphatic heterocycles. The van der Waals surface area contributed by atoms with Gasteiger partial charge in [-0.25, -0.2) is 8.42 Å². The fraction of sp³-hybridized carbons (Fsp3) is 0.438. The molecule has 2 aromatic rings. The summed E-state index contributed by atoms with van der Waals surface area (Å²) in [5.74, 6) is 0. The van der Waals surface area contributed by atoms with Crippen molar-refractivity contribution in [3.63, 3.8) is 0 Å². The highest BCUT2D eigenvalue weighted by Gasteiger charge is 2.36. The van der Waals surface area contributed by atoms with Crippen LogP contribution in [0.4, 0.5) is 0 Å². The van der Waals surface area contributed by atoms with Gasteiger partial charge in [-0.3, -0.25) is 5.10 Å². The number of hydrogen-bond acceptors (Lipinski definition) is 4. The Morgan fingerprint density at radius 1 is 1.22 bits per heavy atom. The quantitative estimate of drug-likeness (QED) is 0.933. The number of H-pyrrole nitrogens is 1. The Bertz CT molecular complexity index is 767. The summed E-state index contributed by atoms with van der Waals surface area (Å²) in [5.41, 5.74) is 2.05. The molecule has 6 nitrogen and oxygen atoms in total. The number of benzene rings is 1. The maximum atomic E-state index is 13.0. The fourth-order valence-corrected chi connectivity index (χ4v) is 4.86. The van der Waals surface area contributed by atoms with E-state index in [-0.39, 0.29) is 17.1 Å². The normalized spacial score (nSPS) is 23.1. The van der Waals surface area contributed by atoms with Gasteiger partial charge in [0.1, 0.15) is 4.90 Å². The van der Waals surface area contributed by atoms with Gasteiger partial charge >= 0.3 is 0 Å². The van der Waals surface area contributed by atoms with Gasteiger partial charge in [0.05, 0.1) is 23.6 Å². The van der Waals surface area contributed by atoms with Crippen molar-refractivity contribution in [2.24, 2.45) is 0 Å². The highest BCUT2D eigenvalue weighted by atomic mass is 32.2. The van der Waals surface area contributed by atoms with Gasteiger partial charge in [-0.2, -0.15) is 9.40 Å². The number of nitrogens with one attached hydrogen (secondary N) is 1. The molecule has 124 valence electrons. The summed E-state index contributed by atoms with van der Waals surface area (Å²) >= 11 is 0. The Hall–Kier alpha value is -1.70. The molecule has 1 fully saturated rings. The molecule has 7 heteroatoms.